The van der Waals surface area contributed by atoms with Crippen LogP contribution >= 0.6 is 0 Å². The topological polar surface area (TPSA) is 0 Å². The summed E-state index contributed by atoms with van der Waals surface area (Å²) in [6.45, 7) is 0. The first-order valence-corrected chi connectivity index (χ1v) is 9.56. The van der Waals surface area contributed by atoms with E-state index < -0.39 is 0 Å². The van der Waals surface area contributed by atoms with E-state index in [1.54, 1.807) is 0 Å². The van der Waals surface area contributed by atoms with Crippen LogP contribution in [0.25, 0.3) is 21.9 Å². The number of rotatable bonds is 2. The summed E-state index contributed by atoms with van der Waals surface area (Å²) in [6, 6.07) is 13.5. The van der Waals surface area contributed by atoms with Crippen molar-refractivity contribution >= 4 is 21.9 Å². The van der Waals surface area contributed by atoms with Gasteiger partial charge in [0.25, 0.3) is 0 Å². The summed E-state index contributed by atoms with van der Waals surface area (Å²) in [7, 11) is 0. The van der Waals surface area contributed by atoms with Gasteiger partial charge in [0.05, 0.1) is 0 Å². The van der Waals surface area contributed by atoms with Gasteiger partial charge in [-0.05, 0) is 33.0 Å². The molecule has 0 heterocycles. The lowest BCUT2D eigenvalue weighted by Gasteiger charge is -2.37. The molecule has 2 aromatic rings. The minimum absolute atomic E-state index is 0.541. The average molecular weight is 332 g/mol. The van der Waals surface area contributed by atoms with Gasteiger partial charge in [-0.2, -0.15) is 0 Å². The Morgan fingerprint density at radius 3 is 1.54 bits per heavy atom. The second-order valence-corrected chi connectivity index (χ2v) is 7.70. The lowest BCUT2D eigenvalue weighted by atomic mass is 9.67. The minimum atomic E-state index is 0.541. The van der Waals surface area contributed by atoms with Crippen molar-refractivity contribution in [2.24, 2.45) is 23.7 Å². The normalized spacial score (nSPS) is 30.2. The van der Waals surface area contributed by atoms with Crippen molar-refractivity contribution in [3.8, 4) is 0 Å². The molecule has 4 atom stereocenters. The fourth-order valence-electron chi connectivity index (χ4n) is 4.95. The molecule has 0 radical (unpaired) electrons. The SMILES string of the molecule is C1=C[C@H]2C=C(c3cccc4cccc(C5=C[C@H]6C=CC=C[C@@H]56)c34)[C@H]2C=C1. The van der Waals surface area contributed by atoms with Crippen LogP contribution in [0.3, 0.4) is 0 Å². The zero-order valence-electron chi connectivity index (χ0n) is 14.5. The largest absolute Gasteiger partial charge is 0.0767 e. The first-order chi connectivity index (χ1) is 12.9. The van der Waals surface area contributed by atoms with Crippen LogP contribution in [-0.2, 0) is 0 Å². The summed E-state index contributed by atoms with van der Waals surface area (Å²) in [5.41, 5.74) is 5.81. The third-order valence-electron chi connectivity index (χ3n) is 6.34. The van der Waals surface area contributed by atoms with E-state index in [9.17, 15) is 0 Å². The Morgan fingerprint density at radius 2 is 1.04 bits per heavy atom. The third kappa shape index (κ3) is 1.90. The van der Waals surface area contributed by atoms with Gasteiger partial charge in [0.15, 0.2) is 0 Å². The first kappa shape index (κ1) is 14.3. The monoisotopic (exact) mass is 332 g/mol. The van der Waals surface area contributed by atoms with Gasteiger partial charge in [-0.15, -0.1) is 0 Å². The molecule has 0 N–H and O–H groups in total. The zero-order valence-corrected chi connectivity index (χ0v) is 14.5. The highest BCUT2D eigenvalue weighted by Gasteiger charge is 2.34. The Hall–Kier alpha value is -2.86. The molecule has 0 fully saturated rings. The molecule has 0 aromatic heterocycles. The predicted molar refractivity (Wildman–Crippen MR) is 110 cm³/mol. The van der Waals surface area contributed by atoms with E-state index in [2.05, 4.69) is 97.2 Å². The molecule has 0 amide bonds. The fourth-order valence-corrected chi connectivity index (χ4v) is 4.95. The highest BCUT2D eigenvalue weighted by atomic mass is 14.4. The van der Waals surface area contributed by atoms with Crippen LogP contribution in [0.5, 0.6) is 0 Å². The van der Waals surface area contributed by atoms with E-state index in [1.807, 2.05) is 0 Å². The Labute approximate surface area is 154 Å². The molecule has 4 aliphatic carbocycles. The van der Waals surface area contributed by atoms with E-state index in [0.717, 1.165) is 0 Å². The van der Waals surface area contributed by atoms with Gasteiger partial charge in [0.2, 0.25) is 0 Å². The molecule has 0 bridgehead atoms. The second kappa shape index (κ2) is 5.32. The molecule has 0 heteroatoms. The smallest absolute Gasteiger partial charge is 0.0122 e. The molecule has 0 aliphatic heterocycles. The van der Waals surface area contributed by atoms with Crippen LogP contribution in [0.2, 0.25) is 0 Å². The van der Waals surface area contributed by atoms with Gasteiger partial charge in [-0.1, -0.05) is 97.2 Å². The number of benzene rings is 2. The quantitative estimate of drug-likeness (QED) is 0.601. The highest BCUT2D eigenvalue weighted by molar-refractivity contribution is 6.04. The van der Waals surface area contributed by atoms with E-state index in [-0.39, 0.29) is 0 Å². The maximum absolute atomic E-state index is 2.44. The average Bonchev–Trinajstić information content (AvgIpc) is 2.64. The second-order valence-electron chi connectivity index (χ2n) is 7.70. The zero-order chi connectivity index (χ0) is 17.1. The number of fused-ring (bicyclic) bond motifs is 3. The first-order valence-electron chi connectivity index (χ1n) is 9.56. The molecular weight excluding hydrogens is 312 g/mol. The summed E-state index contributed by atoms with van der Waals surface area (Å²) in [6.07, 6.45) is 23.0. The summed E-state index contributed by atoms with van der Waals surface area (Å²) in [5.74, 6) is 2.24. The molecule has 26 heavy (non-hydrogen) atoms. The number of hydrogen-bond donors (Lipinski definition) is 0. The number of hydrogen-bond acceptors (Lipinski definition) is 0. The summed E-state index contributed by atoms with van der Waals surface area (Å²) >= 11 is 0. The number of allylic oxidation sites excluding steroid dienone is 12. The lowest BCUT2D eigenvalue weighted by molar-refractivity contribution is 0.626. The molecule has 0 saturated carbocycles. The standard InChI is InChI=1S/C26H20/c1-3-11-20-18(7-1)15-24(20)22-13-5-9-17-10-6-14-23(26(17)22)25-16-19-8-2-4-12-21(19)25/h1-16,18-21H/t18-,19+,20-,21+. The molecule has 2 aromatic carbocycles. The molecule has 0 saturated heterocycles. The predicted octanol–water partition coefficient (Wildman–Crippen LogP) is 6.35. The van der Waals surface area contributed by atoms with E-state index in [4.69, 9.17) is 0 Å². The molecule has 0 nitrogen and oxygen atoms in total. The van der Waals surface area contributed by atoms with Gasteiger partial charge in [0, 0.05) is 23.7 Å². The Kier molecular flexibility index (Phi) is 2.93. The molecule has 124 valence electrons. The van der Waals surface area contributed by atoms with E-state index in [0.29, 0.717) is 23.7 Å². The summed E-state index contributed by atoms with van der Waals surface area (Å²) in [5, 5.41) is 2.77. The van der Waals surface area contributed by atoms with Crippen LogP contribution in [0, 0.1) is 23.7 Å². The van der Waals surface area contributed by atoms with Crippen molar-refractivity contribution in [2.45, 2.75) is 0 Å². The van der Waals surface area contributed by atoms with Crippen molar-refractivity contribution in [2.75, 3.05) is 0 Å². The van der Waals surface area contributed by atoms with Crippen LogP contribution in [0.1, 0.15) is 11.1 Å². The maximum Gasteiger partial charge on any atom is 0.0122 e. The molecule has 0 spiro atoms. The molecular formula is C26H20. The van der Waals surface area contributed by atoms with Crippen LogP contribution in [-0.4, -0.2) is 0 Å². The van der Waals surface area contributed by atoms with Gasteiger partial charge >= 0.3 is 0 Å². The van der Waals surface area contributed by atoms with Gasteiger partial charge in [-0.25, -0.2) is 0 Å². The Morgan fingerprint density at radius 1 is 0.538 bits per heavy atom. The van der Waals surface area contributed by atoms with Gasteiger partial charge in [0.1, 0.15) is 0 Å². The molecule has 0 unspecified atom stereocenters. The van der Waals surface area contributed by atoms with Crippen LogP contribution in [0.4, 0.5) is 0 Å². The van der Waals surface area contributed by atoms with Gasteiger partial charge < -0.3 is 0 Å². The van der Waals surface area contributed by atoms with Crippen molar-refractivity contribution < 1.29 is 0 Å². The molecule has 6 rings (SSSR count). The van der Waals surface area contributed by atoms with Crippen LogP contribution in [0.15, 0.2) is 97.2 Å². The third-order valence-corrected chi connectivity index (χ3v) is 6.34. The van der Waals surface area contributed by atoms with Gasteiger partial charge in [-0.3, -0.25) is 0 Å². The highest BCUT2D eigenvalue weighted by Crippen LogP contribution is 2.49. The van der Waals surface area contributed by atoms with E-state index >= 15 is 0 Å². The van der Waals surface area contributed by atoms with E-state index in [1.165, 1.54) is 33.0 Å². The molecule has 4 aliphatic rings. The summed E-state index contributed by atoms with van der Waals surface area (Å²) < 4.78 is 0. The lowest BCUT2D eigenvalue weighted by Crippen LogP contribution is -2.23. The van der Waals surface area contributed by atoms with Crippen molar-refractivity contribution in [3.63, 3.8) is 0 Å². The Bertz CT molecular complexity index is 1020. The van der Waals surface area contributed by atoms with Crippen LogP contribution < -0.4 is 0 Å². The summed E-state index contributed by atoms with van der Waals surface area (Å²) in [4.78, 5) is 0. The van der Waals surface area contributed by atoms with Crippen molar-refractivity contribution in [1.82, 2.24) is 0 Å². The maximum atomic E-state index is 2.44. The fraction of sp³-hybridized carbons (Fsp3) is 0.154. The minimum Gasteiger partial charge on any atom is -0.0767 e. The van der Waals surface area contributed by atoms with Crippen molar-refractivity contribution in [3.05, 3.63) is 108 Å². The Balaban J connectivity index is 1.54. The van der Waals surface area contributed by atoms with Crippen molar-refractivity contribution in [1.29, 1.82) is 0 Å².